The lowest BCUT2D eigenvalue weighted by atomic mass is 9.92. The Hall–Kier alpha value is -0.860. The van der Waals surface area contributed by atoms with Gasteiger partial charge < -0.3 is 10.1 Å². The van der Waals surface area contributed by atoms with Gasteiger partial charge in [0.15, 0.2) is 0 Å². The second kappa shape index (κ2) is 6.02. The first-order valence-electron chi connectivity index (χ1n) is 6.16. The molecule has 1 aliphatic heterocycles. The highest BCUT2D eigenvalue weighted by Gasteiger charge is 2.13. The summed E-state index contributed by atoms with van der Waals surface area (Å²) < 4.78 is 5.16. The molecular weight excluding hydrogens is 198 g/mol. The zero-order valence-corrected chi connectivity index (χ0v) is 10.0. The van der Waals surface area contributed by atoms with Crippen molar-refractivity contribution < 1.29 is 4.74 Å². The fourth-order valence-electron chi connectivity index (χ4n) is 2.44. The van der Waals surface area contributed by atoms with Crippen LogP contribution < -0.4 is 5.32 Å². The van der Waals surface area contributed by atoms with Crippen molar-refractivity contribution in [3.8, 4) is 0 Å². The predicted molar refractivity (Wildman–Crippen MR) is 66.5 cm³/mol. The maximum absolute atomic E-state index is 5.16. The van der Waals surface area contributed by atoms with Gasteiger partial charge in [-0.2, -0.15) is 0 Å². The molecule has 1 aromatic carbocycles. The molecule has 1 heterocycles. The Kier molecular flexibility index (Phi) is 4.37. The lowest BCUT2D eigenvalue weighted by Gasteiger charge is -2.22. The number of ether oxygens (including phenoxy) is 1. The van der Waals surface area contributed by atoms with Gasteiger partial charge in [-0.05, 0) is 49.4 Å². The van der Waals surface area contributed by atoms with Crippen LogP contribution in [0.1, 0.15) is 24.0 Å². The molecule has 1 saturated heterocycles. The third-order valence-electron chi connectivity index (χ3n) is 3.23. The molecule has 88 valence electrons. The first-order chi connectivity index (χ1) is 7.88. The Morgan fingerprint density at radius 3 is 3.00 bits per heavy atom. The molecule has 1 N–H and O–H groups in total. The van der Waals surface area contributed by atoms with Gasteiger partial charge >= 0.3 is 0 Å². The second-order valence-corrected chi connectivity index (χ2v) is 4.67. The minimum atomic E-state index is 0.719. The molecule has 0 amide bonds. The minimum absolute atomic E-state index is 0.719. The highest BCUT2D eigenvalue weighted by molar-refractivity contribution is 5.23. The summed E-state index contributed by atoms with van der Waals surface area (Å²) in [6, 6.07) is 8.78. The molecule has 1 aromatic rings. The van der Waals surface area contributed by atoms with Crippen LogP contribution in [0.3, 0.4) is 0 Å². The third kappa shape index (κ3) is 3.32. The van der Waals surface area contributed by atoms with E-state index in [0.29, 0.717) is 0 Å². The molecule has 0 bridgehead atoms. The Morgan fingerprint density at radius 1 is 1.38 bits per heavy atom. The van der Waals surface area contributed by atoms with Gasteiger partial charge in [0, 0.05) is 7.11 Å². The van der Waals surface area contributed by atoms with Gasteiger partial charge in [0.05, 0.1) is 6.61 Å². The van der Waals surface area contributed by atoms with Crippen molar-refractivity contribution in [2.45, 2.75) is 25.9 Å². The van der Waals surface area contributed by atoms with Gasteiger partial charge in [-0.15, -0.1) is 0 Å². The fraction of sp³-hybridized carbons (Fsp3) is 0.571. The molecule has 2 nitrogen and oxygen atoms in total. The van der Waals surface area contributed by atoms with Gasteiger partial charge in [-0.25, -0.2) is 0 Å². The Morgan fingerprint density at radius 2 is 2.25 bits per heavy atom. The highest BCUT2D eigenvalue weighted by atomic mass is 16.5. The van der Waals surface area contributed by atoms with Crippen molar-refractivity contribution in [2.24, 2.45) is 5.92 Å². The largest absolute Gasteiger partial charge is 0.380 e. The normalized spacial score (nSPS) is 20.9. The summed E-state index contributed by atoms with van der Waals surface area (Å²) in [4.78, 5) is 0. The Labute approximate surface area is 98.0 Å². The van der Waals surface area contributed by atoms with Crippen molar-refractivity contribution in [2.75, 3.05) is 20.2 Å². The van der Waals surface area contributed by atoms with Crippen LogP contribution in [0.15, 0.2) is 24.3 Å². The van der Waals surface area contributed by atoms with E-state index in [4.69, 9.17) is 4.74 Å². The van der Waals surface area contributed by atoms with Crippen LogP contribution in [0.2, 0.25) is 0 Å². The molecule has 1 aliphatic rings. The number of methoxy groups -OCH3 is 1. The molecule has 0 saturated carbocycles. The molecule has 2 rings (SSSR count). The van der Waals surface area contributed by atoms with Crippen molar-refractivity contribution in [3.63, 3.8) is 0 Å². The summed E-state index contributed by atoms with van der Waals surface area (Å²) in [5, 5.41) is 3.47. The molecule has 1 fully saturated rings. The maximum atomic E-state index is 5.16. The average molecular weight is 219 g/mol. The van der Waals surface area contributed by atoms with Crippen LogP contribution in [0, 0.1) is 5.92 Å². The van der Waals surface area contributed by atoms with Crippen LogP contribution in [-0.4, -0.2) is 20.2 Å². The summed E-state index contributed by atoms with van der Waals surface area (Å²) in [6.07, 6.45) is 3.88. The lowest BCUT2D eigenvalue weighted by Crippen LogP contribution is -2.30. The summed E-state index contributed by atoms with van der Waals surface area (Å²) in [6.45, 7) is 3.09. The first-order valence-corrected chi connectivity index (χ1v) is 6.16. The van der Waals surface area contributed by atoms with Crippen molar-refractivity contribution in [1.29, 1.82) is 0 Å². The maximum Gasteiger partial charge on any atom is 0.0713 e. The number of hydrogen-bond donors (Lipinski definition) is 1. The molecule has 1 unspecified atom stereocenters. The third-order valence-corrected chi connectivity index (χ3v) is 3.23. The van der Waals surface area contributed by atoms with E-state index >= 15 is 0 Å². The monoisotopic (exact) mass is 219 g/mol. The second-order valence-electron chi connectivity index (χ2n) is 4.67. The van der Waals surface area contributed by atoms with Crippen LogP contribution in [0.4, 0.5) is 0 Å². The summed E-state index contributed by atoms with van der Waals surface area (Å²) in [5.74, 6) is 0.812. The average Bonchev–Trinajstić information content (AvgIpc) is 2.31. The minimum Gasteiger partial charge on any atom is -0.380 e. The topological polar surface area (TPSA) is 21.3 Å². The van der Waals surface area contributed by atoms with Gasteiger partial charge in [-0.3, -0.25) is 0 Å². The smallest absolute Gasteiger partial charge is 0.0713 e. The molecule has 1 atom stereocenters. The molecule has 2 heteroatoms. The fourth-order valence-corrected chi connectivity index (χ4v) is 2.44. The number of hydrogen-bond acceptors (Lipinski definition) is 2. The molecule has 0 spiro atoms. The van der Waals surface area contributed by atoms with Gasteiger partial charge in [0.2, 0.25) is 0 Å². The Bertz CT molecular complexity index is 318. The summed E-state index contributed by atoms with van der Waals surface area (Å²) >= 11 is 0. The van der Waals surface area contributed by atoms with E-state index in [1.165, 1.54) is 43.5 Å². The molecule has 0 aromatic heterocycles. The molecule has 0 radical (unpaired) electrons. The van der Waals surface area contributed by atoms with Crippen LogP contribution in [0.25, 0.3) is 0 Å². The Balaban J connectivity index is 1.94. The van der Waals surface area contributed by atoms with E-state index in [0.717, 1.165) is 12.5 Å². The van der Waals surface area contributed by atoms with Gasteiger partial charge in [0.1, 0.15) is 0 Å². The van der Waals surface area contributed by atoms with Crippen molar-refractivity contribution in [1.82, 2.24) is 5.32 Å². The van der Waals surface area contributed by atoms with Gasteiger partial charge in [0.25, 0.3) is 0 Å². The van der Waals surface area contributed by atoms with Crippen molar-refractivity contribution >= 4 is 0 Å². The van der Waals surface area contributed by atoms with E-state index in [1.54, 1.807) is 7.11 Å². The molecular formula is C14H21NO. The quantitative estimate of drug-likeness (QED) is 0.839. The summed E-state index contributed by atoms with van der Waals surface area (Å²) in [7, 11) is 1.75. The number of piperidine rings is 1. The number of nitrogens with one attached hydrogen (secondary N) is 1. The van der Waals surface area contributed by atoms with E-state index in [1.807, 2.05) is 0 Å². The molecule has 16 heavy (non-hydrogen) atoms. The number of rotatable bonds is 4. The van der Waals surface area contributed by atoms with Crippen LogP contribution in [-0.2, 0) is 17.8 Å². The van der Waals surface area contributed by atoms with Crippen LogP contribution >= 0.6 is 0 Å². The first kappa shape index (κ1) is 11.6. The molecule has 0 aliphatic carbocycles. The lowest BCUT2D eigenvalue weighted by molar-refractivity contribution is 0.185. The highest BCUT2D eigenvalue weighted by Crippen LogP contribution is 2.17. The zero-order valence-electron chi connectivity index (χ0n) is 10.0. The number of benzene rings is 1. The van der Waals surface area contributed by atoms with Gasteiger partial charge in [-0.1, -0.05) is 24.3 Å². The SMILES string of the molecule is COCc1cccc(CC2CCCNC2)c1. The predicted octanol–water partition coefficient (Wildman–Crippen LogP) is 2.38. The van der Waals surface area contributed by atoms with Crippen molar-refractivity contribution in [3.05, 3.63) is 35.4 Å². The van der Waals surface area contributed by atoms with E-state index in [-0.39, 0.29) is 0 Å². The van der Waals surface area contributed by atoms with E-state index in [9.17, 15) is 0 Å². The van der Waals surface area contributed by atoms with E-state index in [2.05, 4.69) is 29.6 Å². The van der Waals surface area contributed by atoms with Crippen LogP contribution in [0.5, 0.6) is 0 Å². The van der Waals surface area contributed by atoms with E-state index < -0.39 is 0 Å². The summed E-state index contributed by atoms with van der Waals surface area (Å²) in [5.41, 5.74) is 2.73. The zero-order chi connectivity index (χ0) is 11.2. The standard InChI is InChI=1S/C14H21NO/c1-16-11-14-5-2-4-12(9-14)8-13-6-3-7-15-10-13/h2,4-5,9,13,15H,3,6-8,10-11H2,1H3.